The molecule has 9 heteroatoms. The van der Waals surface area contributed by atoms with E-state index in [0.717, 1.165) is 28.0 Å². The highest BCUT2D eigenvalue weighted by Crippen LogP contribution is 2.26. The van der Waals surface area contributed by atoms with Crippen LogP contribution in [0.25, 0.3) is 22.3 Å². The van der Waals surface area contributed by atoms with Crippen molar-refractivity contribution < 1.29 is 9.53 Å². The number of hydrogen-bond acceptors (Lipinski definition) is 6. The van der Waals surface area contributed by atoms with Crippen LogP contribution in [0.2, 0.25) is 0 Å². The van der Waals surface area contributed by atoms with Gasteiger partial charge in [-0.05, 0) is 42.5 Å². The van der Waals surface area contributed by atoms with Crippen LogP contribution in [0, 0.1) is 0 Å². The number of pyridine rings is 1. The van der Waals surface area contributed by atoms with Crippen molar-refractivity contribution in [2.45, 2.75) is 10.9 Å². The standard InChI is InChI=1S/C21H19N5O3S/c1-26-20(12-3-6-15(29-2)7-4-12)24-25-21(26)30-11-14-10-18(27)16-9-13(19(22)28)5-8-17(16)23-14/h3-10H,11H2,1-2H3,(H2,22,28)(H,23,27). The molecule has 2 aromatic heterocycles. The smallest absolute Gasteiger partial charge is 0.248 e. The molecule has 2 heterocycles. The number of methoxy groups -OCH3 is 1. The Balaban J connectivity index is 1.55. The van der Waals surface area contributed by atoms with E-state index in [0.29, 0.717) is 22.2 Å². The van der Waals surface area contributed by atoms with E-state index in [-0.39, 0.29) is 5.43 Å². The number of aromatic nitrogens is 4. The number of fused-ring (bicyclic) bond motifs is 1. The molecule has 1 amide bonds. The van der Waals surface area contributed by atoms with Crippen molar-refractivity contribution in [1.29, 1.82) is 0 Å². The summed E-state index contributed by atoms with van der Waals surface area (Å²) in [5.74, 6) is 1.47. The molecule has 0 aliphatic heterocycles. The average Bonchev–Trinajstić information content (AvgIpc) is 3.12. The van der Waals surface area contributed by atoms with E-state index in [1.54, 1.807) is 19.2 Å². The van der Waals surface area contributed by atoms with E-state index < -0.39 is 5.91 Å². The Morgan fingerprint density at radius 2 is 1.93 bits per heavy atom. The number of carbonyl (C=O) groups excluding carboxylic acids is 1. The van der Waals surface area contributed by atoms with Gasteiger partial charge < -0.3 is 20.0 Å². The number of ether oxygens (including phenoxy) is 1. The van der Waals surface area contributed by atoms with Crippen molar-refractivity contribution in [3.8, 4) is 17.1 Å². The van der Waals surface area contributed by atoms with Crippen molar-refractivity contribution in [1.82, 2.24) is 19.7 Å². The quantitative estimate of drug-likeness (QED) is 0.463. The summed E-state index contributed by atoms with van der Waals surface area (Å²) in [6, 6.07) is 13.9. The molecule has 0 atom stereocenters. The minimum Gasteiger partial charge on any atom is -0.497 e. The largest absolute Gasteiger partial charge is 0.497 e. The number of nitrogens with two attached hydrogens (primary N) is 1. The Labute approximate surface area is 176 Å². The topological polar surface area (TPSA) is 116 Å². The van der Waals surface area contributed by atoms with E-state index in [4.69, 9.17) is 10.5 Å². The van der Waals surface area contributed by atoms with E-state index >= 15 is 0 Å². The molecule has 3 N–H and O–H groups in total. The molecular weight excluding hydrogens is 402 g/mol. The Morgan fingerprint density at radius 3 is 2.63 bits per heavy atom. The monoisotopic (exact) mass is 421 g/mol. The zero-order valence-corrected chi connectivity index (χ0v) is 17.2. The first kappa shape index (κ1) is 19.7. The summed E-state index contributed by atoms with van der Waals surface area (Å²) in [6.07, 6.45) is 0. The van der Waals surface area contributed by atoms with Gasteiger partial charge in [0.1, 0.15) is 5.75 Å². The highest BCUT2D eigenvalue weighted by atomic mass is 32.2. The van der Waals surface area contributed by atoms with Gasteiger partial charge in [0.05, 0.1) is 7.11 Å². The Bertz CT molecular complexity index is 1290. The van der Waals surface area contributed by atoms with E-state index in [1.807, 2.05) is 35.9 Å². The summed E-state index contributed by atoms with van der Waals surface area (Å²) < 4.78 is 7.10. The van der Waals surface area contributed by atoms with E-state index in [9.17, 15) is 9.59 Å². The minimum absolute atomic E-state index is 0.167. The number of nitrogens with zero attached hydrogens (tertiary/aromatic N) is 3. The number of H-pyrrole nitrogens is 1. The predicted octanol–water partition coefficient (Wildman–Crippen LogP) is 2.72. The molecule has 0 spiro atoms. The second-order valence-corrected chi connectivity index (χ2v) is 7.61. The summed E-state index contributed by atoms with van der Waals surface area (Å²) >= 11 is 1.47. The molecule has 0 unspecified atom stereocenters. The molecule has 4 aromatic rings. The number of amides is 1. The molecule has 0 bridgehead atoms. The molecule has 0 aliphatic carbocycles. The third-order valence-electron chi connectivity index (χ3n) is 4.71. The normalized spacial score (nSPS) is 11.0. The van der Waals surface area contributed by atoms with Gasteiger partial charge in [0.15, 0.2) is 16.4 Å². The van der Waals surface area contributed by atoms with Crippen molar-refractivity contribution in [3.05, 3.63) is 70.0 Å². The number of carbonyl (C=O) groups is 1. The first-order valence-corrected chi connectivity index (χ1v) is 10.1. The van der Waals surface area contributed by atoms with Crippen LogP contribution >= 0.6 is 11.8 Å². The fourth-order valence-electron chi connectivity index (χ4n) is 3.11. The third-order valence-corrected chi connectivity index (χ3v) is 5.78. The summed E-state index contributed by atoms with van der Waals surface area (Å²) in [5, 5.41) is 9.71. The van der Waals surface area contributed by atoms with Crippen LogP contribution < -0.4 is 15.9 Å². The lowest BCUT2D eigenvalue weighted by atomic mass is 10.1. The van der Waals surface area contributed by atoms with Gasteiger partial charge in [-0.2, -0.15) is 0 Å². The van der Waals surface area contributed by atoms with Crippen LogP contribution in [0.4, 0.5) is 0 Å². The first-order chi connectivity index (χ1) is 14.5. The molecule has 0 saturated heterocycles. The van der Waals surface area contributed by atoms with Crippen molar-refractivity contribution >= 4 is 28.6 Å². The van der Waals surface area contributed by atoms with Gasteiger partial charge in [-0.15, -0.1) is 10.2 Å². The Morgan fingerprint density at radius 1 is 1.17 bits per heavy atom. The van der Waals surface area contributed by atoms with Gasteiger partial charge in [0.25, 0.3) is 0 Å². The highest BCUT2D eigenvalue weighted by Gasteiger charge is 2.13. The number of hydrogen-bond donors (Lipinski definition) is 2. The molecule has 30 heavy (non-hydrogen) atoms. The molecule has 2 aromatic carbocycles. The molecule has 8 nitrogen and oxygen atoms in total. The molecule has 4 rings (SSSR count). The number of aromatic amines is 1. The second-order valence-electron chi connectivity index (χ2n) is 6.67. The van der Waals surface area contributed by atoms with Crippen LogP contribution in [-0.2, 0) is 12.8 Å². The molecular formula is C21H19N5O3S. The summed E-state index contributed by atoms with van der Waals surface area (Å²) in [6.45, 7) is 0. The highest BCUT2D eigenvalue weighted by molar-refractivity contribution is 7.98. The van der Waals surface area contributed by atoms with Crippen LogP contribution in [-0.4, -0.2) is 32.8 Å². The number of thioether (sulfide) groups is 1. The number of rotatable bonds is 6. The summed E-state index contributed by atoms with van der Waals surface area (Å²) in [5.41, 5.74) is 7.77. The Hall–Kier alpha value is -3.59. The van der Waals surface area contributed by atoms with Gasteiger partial charge in [-0.1, -0.05) is 11.8 Å². The van der Waals surface area contributed by atoms with Crippen LogP contribution in [0.1, 0.15) is 16.1 Å². The fourth-order valence-corrected chi connectivity index (χ4v) is 3.93. The second kappa shape index (κ2) is 8.03. The number of benzene rings is 2. The van der Waals surface area contributed by atoms with E-state index in [2.05, 4.69) is 15.2 Å². The SMILES string of the molecule is COc1ccc(-c2nnc(SCc3cc(=O)c4cc(C(N)=O)ccc4[nH]3)n2C)cc1. The molecule has 0 saturated carbocycles. The van der Waals surface area contributed by atoms with Gasteiger partial charge in [0.2, 0.25) is 5.91 Å². The Kier molecular flexibility index (Phi) is 5.28. The minimum atomic E-state index is -0.564. The number of nitrogens with one attached hydrogen (secondary N) is 1. The maximum atomic E-state index is 12.5. The van der Waals surface area contributed by atoms with Crippen molar-refractivity contribution in [2.75, 3.05) is 7.11 Å². The van der Waals surface area contributed by atoms with Crippen molar-refractivity contribution in [3.63, 3.8) is 0 Å². The molecule has 0 radical (unpaired) electrons. The first-order valence-electron chi connectivity index (χ1n) is 9.08. The van der Waals surface area contributed by atoms with Crippen LogP contribution in [0.15, 0.2) is 58.5 Å². The van der Waals surface area contributed by atoms with Gasteiger partial charge >= 0.3 is 0 Å². The third kappa shape index (κ3) is 3.79. The zero-order valence-electron chi connectivity index (χ0n) is 16.4. The molecule has 0 aliphatic rings. The summed E-state index contributed by atoms with van der Waals surface area (Å²) in [7, 11) is 3.52. The lowest BCUT2D eigenvalue weighted by molar-refractivity contribution is 0.100. The maximum absolute atomic E-state index is 12.5. The van der Waals surface area contributed by atoms with Gasteiger partial charge in [-0.25, -0.2) is 0 Å². The van der Waals surface area contributed by atoms with Gasteiger partial charge in [-0.3, -0.25) is 9.59 Å². The maximum Gasteiger partial charge on any atom is 0.248 e. The zero-order chi connectivity index (χ0) is 21.3. The lowest BCUT2D eigenvalue weighted by Gasteiger charge is -2.06. The van der Waals surface area contributed by atoms with E-state index in [1.165, 1.54) is 23.9 Å². The molecule has 0 fully saturated rings. The lowest BCUT2D eigenvalue weighted by Crippen LogP contribution is -2.12. The molecule has 152 valence electrons. The number of primary amides is 1. The predicted molar refractivity (Wildman–Crippen MR) is 116 cm³/mol. The van der Waals surface area contributed by atoms with Gasteiger partial charge in [0, 0.05) is 46.6 Å². The fraction of sp³-hybridized carbons (Fsp3) is 0.143. The summed E-state index contributed by atoms with van der Waals surface area (Å²) in [4.78, 5) is 27.0. The van der Waals surface area contributed by atoms with Crippen LogP contribution in [0.5, 0.6) is 5.75 Å². The van der Waals surface area contributed by atoms with Crippen molar-refractivity contribution in [2.24, 2.45) is 12.8 Å². The average molecular weight is 421 g/mol. The van der Waals surface area contributed by atoms with Crippen LogP contribution in [0.3, 0.4) is 0 Å².